The third kappa shape index (κ3) is 34.7. The minimum absolute atomic E-state index is 0.0156. The highest BCUT2D eigenvalue weighted by Crippen LogP contribution is 2.13. The zero-order chi connectivity index (χ0) is 35.5. The summed E-state index contributed by atoms with van der Waals surface area (Å²) in [5.74, 6) is -2.38. The quantitative estimate of drug-likeness (QED) is 0.0656. The summed E-state index contributed by atoms with van der Waals surface area (Å²) in [5.41, 5.74) is 0. The number of aliphatic carboxylic acids is 2. The molecule has 0 fully saturated rings. The number of nitrogens with one attached hydrogen (secondary N) is 2. The van der Waals surface area contributed by atoms with Crippen LogP contribution in [0.4, 0.5) is 0 Å². The van der Waals surface area contributed by atoms with E-state index >= 15 is 0 Å². The Morgan fingerprint density at radius 2 is 0.917 bits per heavy atom. The number of carboxylic acids is 2. The molecule has 0 aromatic heterocycles. The van der Waals surface area contributed by atoms with Gasteiger partial charge in [0, 0.05) is 32.2 Å². The smallest absolute Gasteiger partial charge is 0.326 e. The van der Waals surface area contributed by atoms with Gasteiger partial charge >= 0.3 is 11.9 Å². The van der Waals surface area contributed by atoms with Crippen molar-refractivity contribution in [3.8, 4) is 0 Å². The van der Waals surface area contributed by atoms with Gasteiger partial charge in [-0.15, -0.1) is 0 Å². The van der Waals surface area contributed by atoms with Gasteiger partial charge in [-0.3, -0.25) is 14.4 Å². The molecular formula is C35H64N2O11. The molecule has 0 aliphatic rings. The van der Waals surface area contributed by atoms with Gasteiger partial charge in [-0.05, 0) is 26.2 Å². The van der Waals surface area contributed by atoms with Crippen LogP contribution >= 0.6 is 0 Å². The van der Waals surface area contributed by atoms with Gasteiger partial charge in [-0.2, -0.15) is 0 Å². The average molecular weight is 689 g/mol. The predicted octanol–water partition coefficient (Wildman–Crippen LogP) is 4.82. The summed E-state index contributed by atoms with van der Waals surface area (Å²) in [7, 11) is 0. The van der Waals surface area contributed by atoms with E-state index in [0.717, 1.165) is 32.1 Å². The van der Waals surface area contributed by atoms with E-state index in [9.17, 15) is 24.0 Å². The summed E-state index contributed by atoms with van der Waals surface area (Å²) in [6, 6.07) is -1.09. The van der Waals surface area contributed by atoms with Gasteiger partial charge in [0.05, 0.1) is 52.9 Å². The summed E-state index contributed by atoms with van der Waals surface area (Å²) in [4.78, 5) is 56.5. The van der Waals surface area contributed by atoms with Gasteiger partial charge in [0.25, 0.3) is 0 Å². The topological polar surface area (TPSA) is 187 Å². The summed E-state index contributed by atoms with van der Waals surface area (Å²) in [6.07, 6.45) is 17.3. The first-order valence-electron chi connectivity index (χ1n) is 18.0. The molecule has 0 heterocycles. The van der Waals surface area contributed by atoms with Crippen LogP contribution < -0.4 is 10.6 Å². The molecule has 2 amide bonds. The lowest BCUT2D eigenvalue weighted by Crippen LogP contribution is -2.41. The second kappa shape index (κ2) is 34.3. The van der Waals surface area contributed by atoms with E-state index in [1.807, 2.05) is 0 Å². The maximum absolute atomic E-state index is 12.0. The van der Waals surface area contributed by atoms with Gasteiger partial charge in [-0.25, -0.2) is 4.79 Å². The fourth-order valence-electron chi connectivity index (χ4n) is 4.83. The molecule has 280 valence electrons. The fourth-order valence-corrected chi connectivity index (χ4v) is 4.83. The number of ether oxygens (including phenoxy) is 4. The summed E-state index contributed by atoms with van der Waals surface area (Å²) in [6.45, 7) is 4.68. The molecule has 0 bridgehead atoms. The van der Waals surface area contributed by atoms with Crippen molar-refractivity contribution < 1.29 is 53.1 Å². The average Bonchev–Trinajstić information content (AvgIpc) is 3.04. The van der Waals surface area contributed by atoms with E-state index in [4.69, 9.17) is 29.2 Å². The van der Waals surface area contributed by atoms with Gasteiger partial charge in [0.1, 0.15) is 11.8 Å². The monoisotopic (exact) mass is 688 g/mol. The number of ketones is 1. The number of Topliss-reactive ketones (excluding diaryl/α,β-unsaturated/α-hetero) is 1. The minimum Gasteiger partial charge on any atom is -0.481 e. The molecule has 0 spiro atoms. The van der Waals surface area contributed by atoms with Crippen LogP contribution in [0, 0.1) is 0 Å². The lowest BCUT2D eigenvalue weighted by Gasteiger charge is -2.13. The van der Waals surface area contributed by atoms with Crippen molar-refractivity contribution in [1.29, 1.82) is 0 Å². The number of carbonyl (C=O) groups is 5. The highest BCUT2D eigenvalue weighted by molar-refractivity contribution is 5.84. The number of unbranched alkanes of at least 4 members (excludes halogenated alkanes) is 13. The zero-order valence-electron chi connectivity index (χ0n) is 29.4. The van der Waals surface area contributed by atoms with E-state index in [2.05, 4.69) is 10.6 Å². The standard InChI is InChI=1S/C35H64N2O11/c1-30(38)18-19-31(35(43)44)37-33(40)20-22-45-24-26-47-28-29-48-27-25-46-23-21-36-32(39)16-14-12-10-8-6-4-2-3-5-7-9-11-13-15-17-34(41)42/h31H,2-29H2,1H3,(H,36,39)(H,37,40)(H,41,42)(H,43,44)/t31-/m0/s1. The molecule has 0 aromatic carbocycles. The molecule has 13 heteroatoms. The fraction of sp³-hybridized carbons (Fsp3) is 0.857. The van der Waals surface area contributed by atoms with Crippen molar-refractivity contribution in [1.82, 2.24) is 10.6 Å². The first-order valence-corrected chi connectivity index (χ1v) is 18.0. The normalized spacial score (nSPS) is 11.7. The highest BCUT2D eigenvalue weighted by atomic mass is 16.6. The molecule has 0 unspecified atom stereocenters. The molecule has 1 atom stereocenters. The molecule has 0 rings (SSSR count). The van der Waals surface area contributed by atoms with E-state index in [1.54, 1.807) is 0 Å². The molecule has 0 aliphatic heterocycles. The molecule has 0 aliphatic carbocycles. The van der Waals surface area contributed by atoms with Gasteiger partial charge < -0.3 is 44.6 Å². The van der Waals surface area contributed by atoms with Crippen molar-refractivity contribution in [2.75, 3.05) is 59.4 Å². The summed E-state index contributed by atoms with van der Waals surface area (Å²) >= 11 is 0. The predicted molar refractivity (Wildman–Crippen MR) is 182 cm³/mol. The van der Waals surface area contributed by atoms with Gasteiger partial charge in [0.15, 0.2) is 0 Å². The number of hydrogen-bond acceptors (Lipinski definition) is 9. The summed E-state index contributed by atoms with van der Waals surface area (Å²) < 4.78 is 21.6. The Kier molecular flexibility index (Phi) is 32.4. The Labute approximate surface area is 287 Å². The van der Waals surface area contributed by atoms with Crippen LogP contribution in [0.5, 0.6) is 0 Å². The van der Waals surface area contributed by atoms with Crippen LogP contribution in [-0.2, 0) is 42.9 Å². The van der Waals surface area contributed by atoms with Crippen molar-refractivity contribution in [2.24, 2.45) is 0 Å². The lowest BCUT2D eigenvalue weighted by molar-refractivity contribution is -0.142. The van der Waals surface area contributed by atoms with E-state index in [-0.39, 0.29) is 44.2 Å². The van der Waals surface area contributed by atoms with Crippen LogP contribution in [0.2, 0.25) is 0 Å². The Balaban J connectivity index is 3.33. The van der Waals surface area contributed by atoms with E-state index < -0.39 is 23.9 Å². The molecule has 13 nitrogen and oxygen atoms in total. The molecule has 0 saturated carbocycles. The molecule has 4 N–H and O–H groups in total. The number of hydrogen-bond donors (Lipinski definition) is 4. The van der Waals surface area contributed by atoms with Crippen LogP contribution in [0.25, 0.3) is 0 Å². The largest absolute Gasteiger partial charge is 0.481 e. The second-order valence-electron chi connectivity index (χ2n) is 12.1. The maximum atomic E-state index is 12.0. The number of carbonyl (C=O) groups excluding carboxylic acids is 3. The van der Waals surface area contributed by atoms with Crippen LogP contribution in [0.3, 0.4) is 0 Å². The Morgan fingerprint density at radius 3 is 1.35 bits per heavy atom. The van der Waals surface area contributed by atoms with Gasteiger partial charge in [-0.1, -0.05) is 77.0 Å². The van der Waals surface area contributed by atoms with Crippen molar-refractivity contribution in [3.05, 3.63) is 0 Å². The second-order valence-corrected chi connectivity index (χ2v) is 12.1. The van der Waals surface area contributed by atoms with E-state index in [0.29, 0.717) is 59.0 Å². The molecule has 0 aromatic rings. The Hall–Kier alpha value is -2.61. The lowest BCUT2D eigenvalue weighted by atomic mass is 10.0. The zero-order valence-corrected chi connectivity index (χ0v) is 29.4. The van der Waals surface area contributed by atoms with Crippen molar-refractivity contribution in [2.45, 2.75) is 135 Å². The SMILES string of the molecule is CC(=O)CC[C@H](NC(=O)CCOCCOCCOCCOCCNC(=O)CCCCCCCCCCCCCCCCC(=O)O)C(=O)O. The van der Waals surface area contributed by atoms with Crippen molar-refractivity contribution >= 4 is 29.5 Å². The minimum atomic E-state index is -1.17. The molecule has 48 heavy (non-hydrogen) atoms. The summed E-state index contributed by atoms with van der Waals surface area (Å²) in [5, 5.41) is 23.0. The third-order valence-electron chi connectivity index (χ3n) is 7.62. The first kappa shape index (κ1) is 45.4. The van der Waals surface area contributed by atoms with Crippen LogP contribution in [-0.4, -0.2) is 105 Å². The first-order chi connectivity index (χ1) is 23.2. The Morgan fingerprint density at radius 1 is 0.500 bits per heavy atom. The van der Waals surface area contributed by atoms with Crippen LogP contribution in [0.15, 0.2) is 0 Å². The highest BCUT2D eigenvalue weighted by Gasteiger charge is 2.20. The van der Waals surface area contributed by atoms with Crippen molar-refractivity contribution in [3.63, 3.8) is 0 Å². The maximum Gasteiger partial charge on any atom is 0.326 e. The van der Waals surface area contributed by atoms with Gasteiger partial charge in [0.2, 0.25) is 11.8 Å². The number of amides is 2. The Bertz CT molecular complexity index is 841. The van der Waals surface area contributed by atoms with Crippen LogP contribution in [0.1, 0.15) is 129 Å². The molecule has 0 radical (unpaired) electrons. The number of rotatable bonds is 37. The van der Waals surface area contributed by atoms with E-state index in [1.165, 1.54) is 64.7 Å². The third-order valence-corrected chi connectivity index (χ3v) is 7.62. The molecular weight excluding hydrogens is 624 g/mol. The number of carboxylic acid groups (broad SMARTS) is 2. The molecule has 0 saturated heterocycles.